The largest absolute Gasteiger partial charge is 0.481 e. The molecule has 7 heteroatoms. The number of rotatable bonds is 6. The van der Waals surface area contributed by atoms with E-state index in [1.165, 1.54) is 4.31 Å². The van der Waals surface area contributed by atoms with Crippen molar-refractivity contribution in [1.82, 2.24) is 9.03 Å². The van der Waals surface area contributed by atoms with Crippen molar-refractivity contribution in [2.45, 2.75) is 51.5 Å². The van der Waals surface area contributed by atoms with Gasteiger partial charge in [0.1, 0.15) is 0 Å². The van der Waals surface area contributed by atoms with Gasteiger partial charge in [-0.15, -0.1) is 0 Å². The summed E-state index contributed by atoms with van der Waals surface area (Å²) >= 11 is 0. The predicted molar refractivity (Wildman–Crippen MR) is 70.9 cm³/mol. The molecule has 0 aromatic heterocycles. The molecule has 1 saturated heterocycles. The van der Waals surface area contributed by atoms with Crippen molar-refractivity contribution in [3.63, 3.8) is 0 Å². The fourth-order valence-electron chi connectivity index (χ4n) is 2.75. The van der Waals surface area contributed by atoms with Gasteiger partial charge in [0.15, 0.2) is 0 Å². The summed E-state index contributed by atoms with van der Waals surface area (Å²) in [5.74, 6) is -0.874. The molecule has 0 aromatic carbocycles. The molecule has 6 nitrogen and oxygen atoms in total. The number of hydrogen-bond donors (Lipinski definition) is 2. The Balaban J connectivity index is 2.12. The van der Waals surface area contributed by atoms with Gasteiger partial charge in [-0.3, -0.25) is 4.79 Å². The van der Waals surface area contributed by atoms with Gasteiger partial charge in [0.05, 0.1) is 5.41 Å². The van der Waals surface area contributed by atoms with Crippen molar-refractivity contribution in [3.05, 3.63) is 0 Å². The van der Waals surface area contributed by atoms with E-state index in [2.05, 4.69) is 4.72 Å². The molecule has 0 spiro atoms. The molecule has 1 atom stereocenters. The second-order valence-corrected chi connectivity index (χ2v) is 7.37. The van der Waals surface area contributed by atoms with Crippen LogP contribution in [-0.2, 0) is 15.0 Å². The molecule has 0 bridgehead atoms. The Morgan fingerprint density at radius 1 is 1.47 bits per heavy atom. The summed E-state index contributed by atoms with van der Waals surface area (Å²) in [6, 6.07) is 0.0531. The van der Waals surface area contributed by atoms with Gasteiger partial charge < -0.3 is 5.11 Å². The van der Waals surface area contributed by atoms with Crippen LogP contribution in [0.15, 0.2) is 0 Å². The van der Waals surface area contributed by atoms with Crippen LogP contribution >= 0.6 is 0 Å². The summed E-state index contributed by atoms with van der Waals surface area (Å²) in [4.78, 5) is 11.5. The van der Waals surface area contributed by atoms with Crippen molar-refractivity contribution in [1.29, 1.82) is 0 Å². The molecule has 1 aliphatic carbocycles. The van der Waals surface area contributed by atoms with Gasteiger partial charge in [-0.2, -0.15) is 17.4 Å². The molecular formula is C12H22N2O4S. The Kier molecular flexibility index (Phi) is 4.17. The Morgan fingerprint density at radius 2 is 2.16 bits per heavy atom. The van der Waals surface area contributed by atoms with Crippen molar-refractivity contribution in [3.8, 4) is 0 Å². The maximum atomic E-state index is 12.2. The fourth-order valence-corrected chi connectivity index (χ4v) is 4.34. The van der Waals surface area contributed by atoms with Crippen LogP contribution in [-0.4, -0.2) is 42.9 Å². The minimum absolute atomic E-state index is 0.0531. The first kappa shape index (κ1) is 14.7. The monoisotopic (exact) mass is 290 g/mol. The van der Waals surface area contributed by atoms with Gasteiger partial charge >= 0.3 is 5.97 Å². The van der Waals surface area contributed by atoms with Crippen LogP contribution < -0.4 is 4.72 Å². The van der Waals surface area contributed by atoms with Crippen LogP contribution in [0, 0.1) is 5.41 Å². The summed E-state index contributed by atoms with van der Waals surface area (Å²) in [6.45, 7) is 2.44. The van der Waals surface area contributed by atoms with E-state index < -0.39 is 21.6 Å². The number of nitrogens with zero attached hydrogens (tertiary/aromatic N) is 1. The summed E-state index contributed by atoms with van der Waals surface area (Å²) in [6.07, 6.45) is 4.20. The molecule has 0 amide bonds. The number of hydrogen-bond acceptors (Lipinski definition) is 3. The number of carbonyl (C=O) groups is 1. The zero-order chi connectivity index (χ0) is 14.1. The summed E-state index contributed by atoms with van der Waals surface area (Å²) < 4.78 is 28.3. The maximum absolute atomic E-state index is 12.2. The second-order valence-electron chi connectivity index (χ2n) is 5.67. The van der Waals surface area contributed by atoms with E-state index in [0.29, 0.717) is 25.8 Å². The van der Waals surface area contributed by atoms with Crippen LogP contribution in [0.2, 0.25) is 0 Å². The molecule has 19 heavy (non-hydrogen) atoms. The van der Waals surface area contributed by atoms with E-state index in [4.69, 9.17) is 0 Å². The number of carboxylic acids is 1. The zero-order valence-corrected chi connectivity index (χ0v) is 12.1. The number of piperidine rings is 1. The van der Waals surface area contributed by atoms with Crippen LogP contribution in [0.5, 0.6) is 0 Å². The second kappa shape index (κ2) is 5.38. The molecule has 2 fully saturated rings. The van der Waals surface area contributed by atoms with Gasteiger partial charge in [0, 0.05) is 19.1 Å². The molecule has 2 aliphatic rings. The SMILES string of the molecule is CCCC1(C(=O)O)CCCN(S(=O)(=O)NC2CC2)C1. The number of nitrogens with one attached hydrogen (secondary N) is 1. The first-order chi connectivity index (χ1) is 8.89. The zero-order valence-electron chi connectivity index (χ0n) is 11.3. The van der Waals surface area contributed by atoms with Gasteiger partial charge in [-0.1, -0.05) is 13.3 Å². The van der Waals surface area contributed by atoms with Gasteiger partial charge in [-0.05, 0) is 32.1 Å². The Hall–Kier alpha value is -0.660. The number of aliphatic carboxylic acids is 1. The Morgan fingerprint density at radius 3 is 2.68 bits per heavy atom. The quantitative estimate of drug-likeness (QED) is 0.762. The highest BCUT2D eigenvalue weighted by atomic mass is 32.2. The van der Waals surface area contributed by atoms with E-state index in [0.717, 1.165) is 19.3 Å². The van der Waals surface area contributed by atoms with Gasteiger partial charge in [0.25, 0.3) is 10.2 Å². The van der Waals surface area contributed by atoms with Crippen LogP contribution in [0.25, 0.3) is 0 Å². The number of carboxylic acid groups (broad SMARTS) is 1. The molecule has 0 aromatic rings. The smallest absolute Gasteiger partial charge is 0.310 e. The molecular weight excluding hydrogens is 268 g/mol. The molecule has 0 radical (unpaired) electrons. The molecule has 1 saturated carbocycles. The van der Waals surface area contributed by atoms with Crippen LogP contribution in [0.1, 0.15) is 45.4 Å². The molecule has 2 rings (SSSR count). The minimum Gasteiger partial charge on any atom is -0.481 e. The van der Waals surface area contributed by atoms with E-state index in [-0.39, 0.29) is 12.6 Å². The van der Waals surface area contributed by atoms with E-state index >= 15 is 0 Å². The fraction of sp³-hybridized carbons (Fsp3) is 0.917. The normalized spacial score (nSPS) is 29.3. The molecule has 1 heterocycles. The Labute approximate surface area is 114 Å². The lowest BCUT2D eigenvalue weighted by Crippen LogP contribution is -2.53. The molecule has 1 unspecified atom stereocenters. The lowest BCUT2D eigenvalue weighted by molar-refractivity contribution is -0.151. The average Bonchev–Trinajstić information content (AvgIpc) is 3.13. The van der Waals surface area contributed by atoms with Crippen LogP contribution in [0.4, 0.5) is 0 Å². The summed E-state index contributed by atoms with van der Waals surface area (Å²) in [5, 5.41) is 9.46. The van der Waals surface area contributed by atoms with Crippen LogP contribution in [0.3, 0.4) is 0 Å². The summed E-state index contributed by atoms with van der Waals surface area (Å²) in [5.41, 5.74) is -0.911. The van der Waals surface area contributed by atoms with Gasteiger partial charge in [-0.25, -0.2) is 0 Å². The van der Waals surface area contributed by atoms with Crippen molar-refractivity contribution < 1.29 is 18.3 Å². The molecule has 110 valence electrons. The highest BCUT2D eigenvalue weighted by Gasteiger charge is 2.45. The topological polar surface area (TPSA) is 86.7 Å². The average molecular weight is 290 g/mol. The van der Waals surface area contributed by atoms with Crippen molar-refractivity contribution in [2.24, 2.45) is 5.41 Å². The first-order valence-corrected chi connectivity index (χ1v) is 8.34. The lowest BCUT2D eigenvalue weighted by Gasteiger charge is -2.39. The highest BCUT2D eigenvalue weighted by molar-refractivity contribution is 7.87. The minimum atomic E-state index is -3.52. The van der Waals surface area contributed by atoms with E-state index in [9.17, 15) is 18.3 Å². The Bertz CT molecular complexity index is 443. The third kappa shape index (κ3) is 3.27. The standard InChI is InChI=1S/C12H22N2O4S/c1-2-6-12(11(15)16)7-3-8-14(9-12)19(17,18)13-10-4-5-10/h10,13H,2-9H2,1H3,(H,15,16). The van der Waals surface area contributed by atoms with E-state index in [1.54, 1.807) is 0 Å². The first-order valence-electron chi connectivity index (χ1n) is 6.90. The lowest BCUT2D eigenvalue weighted by atomic mass is 9.77. The third-order valence-corrected chi connectivity index (χ3v) is 5.58. The van der Waals surface area contributed by atoms with Gasteiger partial charge in [0.2, 0.25) is 0 Å². The molecule has 1 aliphatic heterocycles. The summed E-state index contributed by atoms with van der Waals surface area (Å²) in [7, 11) is -3.52. The van der Waals surface area contributed by atoms with Crippen molar-refractivity contribution >= 4 is 16.2 Å². The third-order valence-electron chi connectivity index (χ3n) is 3.96. The maximum Gasteiger partial charge on any atom is 0.310 e. The molecule has 2 N–H and O–H groups in total. The predicted octanol–water partition coefficient (Wildman–Crippen LogP) is 0.950. The van der Waals surface area contributed by atoms with E-state index in [1.807, 2.05) is 6.92 Å². The van der Waals surface area contributed by atoms with Crippen molar-refractivity contribution in [2.75, 3.05) is 13.1 Å². The highest BCUT2D eigenvalue weighted by Crippen LogP contribution is 2.36.